The molecule has 0 saturated carbocycles. The first-order valence-electron chi connectivity index (χ1n) is 6.55. The largest absolute Gasteiger partial charge is 0.497 e. The molecule has 1 fully saturated rings. The molecule has 1 heterocycles. The minimum atomic E-state index is 0.0388. The Kier molecular flexibility index (Phi) is 4.76. The summed E-state index contributed by atoms with van der Waals surface area (Å²) < 4.78 is 5.15. The molecular weight excluding hydrogens is 242 g/mol. The van der Waals surface area contributed by atoms with Crippen LogP contribution >= 0.6 is 0 Å². The monoisotopic (exact) mass is 263 g/mol. The second-order valence-corrected chi connectivity index (χ2v) is 4.91. The Balaban J connectivity index is 1.76. The van der Waals surface area contributed by atoms with Gasteiger partial charge in [-0.1, -0.05) is 12.1 Å². The summed E-state index contributed by atoms with van der Waals surface area (Å²) in [5.41, 5.74) is 6.84. The van der Waals surface area contributed by atoms with Crippen LogP contribution < -0.4 is 15.8 Å². The second-order valence-electron chi connectivity index (χ2n) is 4.91. The average Bonchev–Trinajstić information content (AvgIpc) is 2.82. The fourth-order valence-corrected chi connectivity index (χ4v) is 2.25. The van der Waals surface area contributed by atoms with Gasteiger partial charge in [0.1, 0.15) is 5.75 Å². The molecule has 1 aliphatic rings. The van der Waals surface area contributed by atoms with Crippen molar-refractivity contribution in [3.63, 3.8) is 0 Å². The summed E-state index contributed by atoms with van der Waals surface area (Å²) in [5.74, 6) is 0.842. The number of nitrogens with two attached hydrogens (primary N) is 1. The van der Waals surface area contributed by atoms with Gasteiger partial charge in [0, 0.05) is 25.7 Å². The Morgan fingerprint density at radius 1 is 1.58 bits per heavy atom. The highest BCUT2D eigenvalue weighted by atomic mass is 16.5. The first-order valence-corrected chi connectivity index (χ1v) is 6.55. The van der Waals surface area contributed by atoms with Crippen molar-refractivity contribution in [1.29, 1.82) is 0 Å². The molecular formula is C14H21N3O2. The number of likely N-dealkylation sites (tertiary alicyclic amines) is 1. The fourth-order valence-electron chi connectivity index (χ4n) is 2.25. The molecule has 104 valence electrons. The number of ether oxygens (including phenoxy) is 1. The van der Waals surface area contributed by atoms with E-state index in [1.54, 1.807) is 7.11 Å². The zero-order chi connectivity index (χ0) is 13.7. The molecule has 0 unspecified atom stereocenters. The topological polar surface area (TPSA) is 67.6 Å². The van der Waals surface area contributed by atoms with Gasteiger partial charge < -0.3 is 15.8 Å². The van der Waals surface area contributed by atoms with E-state index in [2.05, 4.69) is 10.2 Å². The molecule has 1 aromatic carbocycles. The summed E-state index contributed by atoms with van der Waals surface area (Å²) in [7, 11) is 1.63. The van der Waals surface area contributed by atoms with E-state index >= 15 is 0 Å². The lowest BCUT2D eigenvalue weighted by molar-refractivity contribution is -0.122. The lowest BCUT2D eigenvalue weighted by Gasteiger charge is -2.14. The number of benzene rings is 1. The normalized spacial score (nSPS) is 19.4. The maximum atomic E-state index is 11.8. The fraction of sp³-hybridized carbons (Fsp3) is 0.500. The molecule has 5 nitrogen and oxygen atoms in total. The summed E-state index contributed by atoms with van der Waals surface area (Å²) in [6, 6.07) is 7.91. The summed E-state index contributed by atoms with van der Waals surface area (Å²) >= 11 is 0. The Hall–Kier alpha value is -1.59. The van der Waals surface area contributed by atoms with Crippen LogP contribution in [0.4, 0.5) is 0 Å². The molecule has 1 amide bonds. The number of hydrogen-bond acceptors (Lipinski definition) is 4. The average molecular weight is 263 g/mol. The maximum Gasteiger partial charge on any atom is 0.234 e. The smallest absolute Gasteiger partial charge is 0.234 e. The lowest BCUT2D eigenvalue weighted by atomic mass is 10.2. The highest BCUT2D eigenvalue weighted by Crippen LogP contribution is 2.12. The number of amides is 1. The van der Waals surface area contributed by atoms with Gasteiger partial charge in [-0.2, -0.15) is 0 Å². The van der Waals surface area contributed by atoms with E-state index in [-0.39, 0.29) is 11.9 Å². The van der Waals surface area contributed by atoms with Crippen LogP contribution in [0.1, 0.15) is 12.0 Å². The van der Waals surface area contributed by atoms with Crippen LogP contribution in [-0.2, 0) is 11.3 Å². The van der Waals surface area contributed by atoms with Crippen molar-refractivity contribution >= 4 is 5.91 Å². The summed E-state index contributed by atoms with van der Waals surface area (Å²) in [5, 5.41) is 2.92. The SMILES string of the molecule is COc1cccc(CNC(=O)CN2CC[C@@H](N)C2)c1. The summed E-state index contributed by atoms with van der Waals surface area (Å²) in [4.78, 5) is 13.9. The third-order valence-corrected chi connectivity index (χ3v) is 3.30. The Labute approximate surface area is 113 Å². The van der Waals surface area contributed by atoms with E-state index in [1.807, 2.05) is 24.3 Å². The van der Waals surface area contributed by atoms with E-state index in [0.29, 0.717) is 13.1 Å². The lowest BCUT2D eigenvalue weighted by Crippen LogP contribution is -2.37. The van der Waals surface area contributed by atoms with Crippen LogP contribution in [0.5, 0.6) is 5.75 Å². The number of nitrogens with one attached hydrogen (secondary N) is 1. The molecule has 0 spiro atoms. The van der Waals surface area contributed by atoms with Gasteiger partial charge in [-0.05, 0) is 24.1 Å². The molecule has 19 heavy (non-hydrogen) atoms. The molecule has 5 heteroatoms. The van der Waals surface area contributed by atoms with Crippen molar-refractivity contribution in [2.45, 2.75) is 19.0 Å². The molecule has 1 atom stereocenters. The Morgan fingerprint density at radius 2 is 2.42 bits per heavy atom. The quantitative estimate of drug-likeness (QED) is 0.804. The summed E-state index contributed by atoms with van der Waals surface area (Å²) in [6.45, 7) is 2.67. The van der Waals surface area contributed by atoms with Crippen LogP contribution in [0.2, 0.25) is 0 Å². The predicted octanol–water partition coefficient (Wildman–Crippen LogP) is 0.344. The third kappa shape index (κ3) is 4.22. The van der Waals surface area contributed by atoms with E-state index in [9.17, 15) is 4.79 Å². The molecule has 1 aromatic rings. The number of methoxy groups -OCH3 is 1. The standard InChI is InChI=1S/C14H21N3O2/c1-19-13-4-2-3-11(7-13)8-16-14(18)10-17-6-5-12(15)9-17/h2-4,7,12H,5-6,8-10,15H2,1H3,(H,16,18)/t12-/m1/s1. The van der Waals surface area contributed by atoms with Crippen molar-refractivity contribution in [3.8, 4) is 5.75 Å². The van der Waals surface area contributed by atoms with Gasteiger partial charge in [-0.15, -0.1) is 0 Å². The highest BCUT2D eigenvalue weighted by molar-refractivity contribution is 5.78. The van der Waals surface area contributed by atoms with Crippen molar-refractivity contribution in [1.82, 2.24) is 10.2 Å². The van der Waals surface area contributed by atoms with Gasteiger partial charge in [0.2, 0.25) is 5.91 Å². The molecule has 0 radical (unpaired) electrons. The first kappa shape index (κ1) is 13.8. The minimum absolute atomic E-state index is 0.0388. The van der Waals surface area contributed by atoms with Gasteiger partial charge in [-0.3, -0.25) is 9.69 Å². The van der Waals surface area contributed by atoms with Crippen molar-refractivity contribution in [2.24, 2.45) is 5.73 Å². The van der Waals surface area contributed by atoms with Gasteiger partial charge in [-0.25, -0.2) is 0 Å². The molecule has 0 aromatic heterocycles. The van der Waals surface area contributed by atoms with Crippen LogP contribution in [0.25, 0.3) is 0 Å². The van der Waals surface area contributed by atoms with E-state index < -0.39 is 0 Å². The second kappa shape index (κ2) is 6.54. The molecule has 1 aliphatic heterocycles. The van der Waals surface area contributed by atoms with E-state index in [1.165, 1.54) is 0 Å². The zero-order valence-corrected chi connectivity index (χ0v) is 11.3. The third-order valence-electron chi connectivity index (χ3n) is 3.30. The molecule has 0 bridgehead atoms. The highest BCUT2D eigenvalue weighted by Gasteiger charge is 2.20. The molecule has 3 N–H and O–H groups in total. The number of hydrogen-bond donors (Lipinski definition) is 2. The van der Waals surface area contributed by atoms with Crippen LogP contribution in [-0.4, -0.2) is 43.6 Å². The zero-order valence-electron chi connectivity index (χ0n) is 11.3. The number of carbonyl (C=O) groups excluding carboxylic acids is 1. The maximum absolute atomic E-state index is 11.8. The van der Waals surface area contributed by atoms with Gasteiger partial charge in [0.05, 0.1) is 13.7 Å². The first-order chi connectivity index (χ1) is 9.17. The number of nitrogens with zero attached hydrogens (tertiary/aromatic N) is 1. The van der Waals surface area contributed by atoms with E-state index in [0.717, 1.165) is 30.8 Å². The van der Waals surface area contributed by atoms with E-state index in [4.69, 9.17) is 10.5 Å². The Morgan fingerprint density at radius 3 is 3.11 bits per heavy atom. The van der Waals surface area contributed by atoms with Crippen LogP contribution in [0.15, 0.2) is 24.3 Å². The Bertz CT molecular complexity index is 436. The van der Waals surface area contributed by atoms with Gasteiger partial charge >= 0.3 is 0 Å². The molecule has 0 aliphatic carbocycles. The van der Waals surface area contributed by atoms with Gasteiger partial charge in [0.25, 0.3) is 0 Å². The number of rotatable bonds is 5. The predicted molar refractivity (Wildman–Crippen MR) is 73.9 cm³/mol. The van der Waals surface area contributed by atoms with Gasteiger partial charge in [0.15, 0.2) is 0 Å². The number of carbonyl (C=O) groups is 1. The van der Waals surface area contributed by atoms with Crippen molar-refractivity contribution < 1.29 is 9.53 Å². The minimum Gasteiger partial charge on any atom is -0.497 e. The summed E-state index contributed by atoms with van der Waals surface area (Å²) in [6.07, 6.45) is 0.975. The molecule has 1 saturated heterocycles. The van der Waals surface area contributed by atoms with Crippen LogP contribution in [0, 0.1) is 0 Å². The molecule has 2 rings (SSSR count). The van der Waals surface area contributed by atoms with Crippen LogP contribution in [0.3, 0.4) is 0 Å². The van der Waals surface area contributed by atoms with Crippen molar-refractivity contribution in [2.75, 3.05) is 26.7 Å². The van der Waals surface area contributed by atoms with Crippen molar-refractivity contribution in [3.05, 3.63) is 29.8 Å².